The smallest absolute Gasteiger partial charge is 0.314 e. The molecule has 0 spiro atoms. The lowest BCUT2D eigenvalue weighted by atomic mass is 10.0. The van der Waals surface area contributed by atoms with Gasteiger partial charge in [0.1, 0.15) is 0 Å². The Labute approximate surface area is 120 Å². The van der Waals surface area contributed by atoms with Gasteiger partial charge in [0.05, 0.1) is 5.92 Å². The van der Waals surface area contributed by atoms with Crippen LogP contribution in [0.2, 0.25) is 0 Å². The second-order valence-corrected chi connectivity index (χ2v) is 5.46. The van der Waals surface area contributed by atoms with Gasteiger partial charge in [-0.3, -0.25) is 4.79 Å². The molecule has 6 nitrogen and oxygen atoms in total. The predicted molar refractivity (Wildman–Crippen MR) is 77.7 cm³/mol. The van der Waals surface area contributed by atoms with Gasteiger partial charge in [0.2, 0.25) is 0 Å². The van der Waals surface area contributed by atoms with Gasteiger partial charge >= 0.3 is 12.0 Å². The van der Waals surface area contributed by atoms with E-state index in [1.165, 1.54) is 0 Å². The predicted octanol–water partition coefficient (Wildman–Crippen LogP) is 1.13. The van der Waals surface area contributed by atoms with Crippen molar-refractivity contribution in [1.82, 2.24) is 15.5 Å². The monoisotopic (exact) mass is 285 g/mol. The molecule has 1 saturated heterocycles. The molecule has 0 bridgehead atoms. The van der Waals surface area contributed by atoms with E-state index in [9.17, 15) is 9.59 Å². The lowest BCUT2D eigenvalue weighted by Gasteiger charge is -2.15. The molecule has 0 aromatic carbocycles. The minimum absolute atomic E-state index is 0.195. The third kappa shape index (κ3) is 5.77. The standard InChI is InChI=1S/C14H27N3O3/c1-3-5-12(13(18)19)9-16-14(20)15-8-11-6-7-17(4-2)10-11/h11-12H,3-10H2,1-2H3,(H,18,19)(H2,15,16,20). The molecule has 116 valence electrons. The van der Waals surface area contributed by atoms with Gasteiger partial charge < -0.3 is 20.6 Å². The summed E-state index contributed by atoms with van der Waals surface area (Å²) in [4.78, 5) is 25.0. The van der Waals surface area contributed by atoms with E-state index in [-0.39, 0.29) is 12.6 Å². The number of carbonyl (C=O) groups excluding carboxylic acids is 1. The second-order valence-electron chi connectivity index (χ2n) is 5.46. The molecule has 2 atom stereocenters. The van der Waals surface area contributed by atoms with Gasteiger partial charge in [-0.25, -0.2) is 4.79 Å². The number of likely N-dealkylation sites (tertiary alicyclic amines) is 1. The first-order valence-electron chi connectivity index (χ1n) is 7.53. The molecule has 1 rings (SSSR count). The van der Waals surface area contributed by atoms with E-state index < -0.39 is 11.9 Å². The largest absolute Gasteiger partial charge is 0.481 e. The first kappa shape index (κ1) is 16.8. The van der Waals surface area contributed by atoms with Crippen LogP contribution in [-0.2, 0) is 4.79 Å². The van der Waals surface area contributed by atoms with Crippen molar-refractivity contribution in [3.8, 4) is 0 Å². The first-order valence-corrected chi connectivity index (χ1v) is 7.53. The van der Waals surface area contributed by atoms with Gasteiger partial charge in [-0.2, -0.15) is 0 Å². The fourth-order valence-corrected chi connectivity index (χ4v) is 2.54. The average Bonchev–Trinajstić information content (AvgIpc) is 2.88. The number of hydrogen-bond acceptors (Lipinski definition) is 3. The van der Waals surface area contributed by atoms with Crippen LogP contribution in [0.3, 0.4) is 0 Å². The van der Waals surface area contributed by atoms with Crippen LogP contribution >= 0.6 is 0 Å². The lowest BCUT2D eigenvalue weighted by Crippen LogP contribution is -2.42. The van der Waals surface area contributed by atoms with Crippen LogP contribution in [0, 0.1) is 11.8 Å². The zero-order valence-corrected chi connectivity index (χ0v) is 12.5. The van der Waals surface area contributed by atoms with E-state index in [4.69, 9.17) is 5.11 Å². The fourth-order valence-electron chi connectivity index (χ4n) is 2.54. The SMILES string of the molecule is CCCC(CNC(=O)NCC1CCN(CC)C1)C(=O)O. The zero-order chi connectivity index (χ0) is 15.0. The number of hydrogen-bond donors (Lipinski definition) is 3. The van der Waals surface area contributed by atoms with Crippen molar-refractivity contribution in [2.24, 2.45) is 11.8 Å². The number of rotatable bonds is 8. The van der Waals surface area contributed by atoms with Crippen molar-refractivity contribution in [2.45, 2.75) is 33.1 Å². The van der Waals surface area contributed by atoms with Crippen molar-refractivity contribution in [3.63, 3.8) is 0 Å². The maximum atomic E-state index is 11.7. The Morgan fingerprint density at radius 3 is 2.65 bits per heavy atom. The summed E-state index contributed by atoms with van der Waals surface area (Å²) in [6.07, 6.45) is 2.50. The van der Waals surface area contributed by atoms with Gasteiger partial charge in [-0.1, -0.05) is 20.3 Å². The summed E-state index contributed by atoms with van der Waals surface area (Å²) in [6.45, 7) is 8.12. The average molecular weight is 285 g/mol. The van der Waals surface area contributed by atoms with E-state index >= 15 is 0 Å². The summed E-state index contributed by atoms with van der Waals surface area (Å²) in [5, 5.41) is 14.5. The van der Waals surface area contributed by atoms with Crippen molar-refractivity contribution < 1.29 is 14.7 Å². The number of aliphatic carboxylic acids is 1. The molecule has 0 radical (unpaired) electrons. The fraction of sp³-hybridized carbons (Fsp3) is 0.857. The molecule has 0 aliphatic carbocycles. The third-order valence-corrected chi connectivity index (χ3v) is 3.86. The molecule has 1 aliphatic rings. The van der Waals surface area contributed by atoms with E-state index in [2.05, 4.69) is 22.5 Å². The molecule has 0 aromatic heterocycles. The van der Waals surface area contributed by atoms with Crippen molar-refractivity contribution in [1.29, 1.82) is 0 Å². The number of carboxylic acid groups (broad SMARTS) is 1. The molecule has 1 heterocycles. The highest BCUT2D eigenvalue weighted by atomic mass is 16.4. The van der Waals surface area contributed by atoms with Crippen LogP contribution in [0.4, 0.5) is 4.79 Å². The number of nitrogens with zero attached hydrogens (tertiary/aromatic N) is 1. The van der Waals surface area contributed by atoms with Crippen LogP contribution in [0.15, 0.2) is 0 Å². The summed E-state index contributed by atoms with van der Waals surface area (Å²) in [6, 6.07) is -0.262. The van der Waals surface area contributed by atoms with Gasteiger partial charge in [0.25, 0.3) is 0 Å². The van der Waals surface area contributed by atoms with Crippen LogP contribution in [0.5, 0.6) is 0 Å². The van der Waals surface area contributed by atoms with E-state index in [1.807, 2.05) is 6.92 Å². The lowest BCUT2D eigenvalue weighted by molar-refractivity contribution is -0.141. The highest BCUT2D eigenvalue weighted by Gasteiger charge is 2.22. The van der Waals surface area contributed by atoms with Crippen LogP contribution < -0.4 is 10.6 Å². The summed E-state index contributed by atoms with van der Waals surface area (Å²) >= 11 is 0. The Morgan fingerprint density at radius 1 is 1.35 bits per heavy atom. The van der Waals surface area contributed by atoms with Gasteiger partial charge in [-0.15, -0.1) is 0 Å². The number of nitrogens with one attached hydrogen (secondary N) is 2. The number of urea groups is 1. The van der Waals surface area contributed by atoms with E-state index in [0.717, 1.165) is 32.5 Å². The molecule has 6 heteroatoms. The Morgan fingerprint density at radius 2 is 2.10 bits per heavy atom. The zero-order valence-electron chi connectivity index (χ0n) is 12.5. The van der Waals surface area contributed by atoms with Crippen molar-refractivity contribution >= 4 is 12.0 Å². The summed E-state index contributed by atoms with van der Waals surface area (Å²) in [7, 11) is 0. The normalized spacial score (nSPS) is 20.6. The highest BCUT2D eigenvalue weighted by molar-refractivity contribution is 5.75. The summed E-state index contributed by atoms with van der Waals surface area (Å²) < 4.78 is 0. The van der Waals surface area contributed by atoms with Crippen LogP contribution in [0.25, 0.3) is 0 Å². The maximum Gasteiger partial charge on any atom is 0.314 e. The molecular weight excluding hydrogens is 258 g/mol. The summed E-state index contributed by atoms with van der Waals surface area (Å²) in [5.74, 6) is -0.832. The van der Waals surface area contributed by atoms with E-state index in [1.54, 1.807) is 0 Å². The Kier molecular flexibility index (Phi) is 7.36. The Balaban J connectivity index is 2.18. The van der Waals surface area contributed by atoms with Crippen molar-refractivity contribution in [3.05, 3.63) is 0 Å². The topological polar surface area (TPSA) is 81.7 Å². The number of amides is 2. The Bertz CT molecular complexity index is 323. The molecule has 0 aromatic rings. The molecule has 0 saturated carbocycles. The van der Waals surface area contributed by atoms with E-state index in [0.29, 0.717) is 18.9 Å². The molecule has 1 aliphatic heterocycles. The second kappa shape index (κ2) is 8.79. The molecule has 2 unspecified atom stereocenters. The summed E-state index contributed by atoms with van der Waals surface area (Å²) in [5.41, 5.74) is 0. The Hall–Kier alpha value is -1.30. The number of carboxylic acids is 1. The third-order valence-electron chi connectivity index (χ3n) is 3.86. The van der Waals surface area contributed by atoms with Crippen LogP contribution in [-0.4, -0.2) is 54.7 Å². The maximum absolute atomic E-state index is 11.7. The van der Waals surface area contributed by atoms with Crippen LogP contribution in [0.1, 0.15) is 33.1 Å². The molecular formula is C14H27N3O3. The highest BCUT2D eigenvalue weighted by Crippen LogP contribution is 2.14. The molecule has 3 N–H and O–H groups in total. The minimum atomic E-state index is -0.846. The molecule has 20 heavy (non-hydrogen) atoms. The minimum Gasteiger partial charge on any atom is -0.481 e. The van der Waals surface area contributed by atoms with Gasteiger partial charge in [0, 0.05) is 19.6 Å². The van der Waals surface area contributed by atoms with Crippen molar-refractivity contribution in [2.75, 3.05) is 32.7 Å². The number of carbonyl (C=O) groups is 2. The van der Waals surface area contributed by atoms with Gasteiger partial charge in [-0.05, 0) is 31.8 Å². The first-order chi connectivity index (χ1) is 9.56. The van der Waals surface area contributed by atoms with Gasteiger partial charge in [0.15, 0.2) is 0 Å². The molecule has 2 amide bonds. The quantitative estimate of drug-likeness (QED) is 0.624. The molecule has 1 fully saturated rings.